The van der Waals surface area contributed by atoms with Crippen molar-refractivity contribution in [2.45, 2.75) is 90.7 Å². The molecular weight excluding hydrogens is 461 g/mol. The van der Waals surface area contributed by atoms with Gasteiger partial charge in [0, 0.05) is 27.7 Å². The van der Waals surface area contributed by atoms with Crippen LogP contribution < -0.4 is 5.32 Å². The number of carbonyl (C=O) groups excluding carboxylic acids is 5. The second kappa shape index (κ2) is 12.5. The van der Waals surface area contributed by atoms with Gasteiger partial charge in [0.1, 0.15) is 18.8 Å². The molecule has 1 aliphatic rings. The van der Waals surface area contributed by atoms with Crippen LogP contribution in [-0.2, 0) is 47.6 Å². The number of carbonyl (C=O) groups is 5. The van der Waals surface area contributed by atoms with Gasteiger partial charge in [-0.2, -0.15) is 0 Å². The molecular formula is C21H32FNO11. The van der Waals surface area contributed by atoms with Crippen LogP contribution >= 0.6 is 0 Å². The molecule has 34 heavy (non-hydrogen) atoms. The molecule has 0 radical (unpaired) electrons. The van der Waals surface area contributed by atoms with E-state index < -0.39 is 78.8 Å². The number of rotatable bonds is 9. The van der Waals surface area contributed by atoms with Gasteiger partial charge in [0.2, 0.25) is 0 Å². The smallest absolute Gasteiger partial charge is 0.407 e. The molecule has 6 atom stereocenters. The zero-order chi connectivity index (χ0) is 26.2. The summed E-state index contributed by atoms with van der Waals surface area (Å²) in [4.78, 5) is 59.1. The van der Waals surface area contributed by atoms with Gasteiger partial charge in [-0.1, -0.05) is 0 Å². The van der Waals surface area contributed by atoms with Crippen molar-refractivity contribution in [2.24, 2.45) is 0 Å². The summed E-state index contributed by atoms with van der Waals surface area (Å²) in [6.07, 6.45) is -8.88. The summed E-state index contributed by atoms with van der Waals surface area (Å²) in [5, 5.41) is 2.38. The van der Waals surface area contributed by atoms with Gasteiger partial charge in [-0.15, -0.1) is 0 Å². The van der Waals surface area contributed by atoms with Crippen LogP contribution in [0.15, 0.2) is 0 Å². The molecule has 1 fully saturated rings. The number of nitrogens with one attached hydrogen (secondary N) is 1. The van der Waals surface area contributed by atoms with Crippen LogP contribution in [0.5, 0.6) is 0 Å². The Labute approximate surface area is 196 Å². The molecule has 1 amide bonds. The van der Waals surface area contributed by atoms with Crippen molar-refractivity contribution in [3.05, 3.63) is 0 Å². The van der Waals surface area contributed by atoms with Crippen LogP contribution in [0, 0.1) is 0 Å². The standard InChI is InChI=1S/C21H32FNO11/c1-8-29-20(28)23-15-17(34-21(6,7)19(22)18(15)33-13(5)27)16(32-12(4)26)14(31-11(3)25)9-30-10(2)24/h14-19H,8-9H2,1-7H3,(H,23,28)/t14-,15?,16-,17?,18?,19?/m1/s1. The molecule has 1 aliphatic heterocycles. The zero-order valence-electron chi connectivity index (χ0n) is 20.2. The molecule has 0 aromatic rings. The molecule has 13 heteroatoms. The van der Waals surface area contributed by atoms with Crippen molar-refractivity contribution < 1.29 is 56.8 Å². The summed E-state index contributed by atoms with van der Waals surface area (Å²) in [6, 6.07) is -1.45. The van der Waals surface area contributed by atoms with E-state index in [2.05, 4.69) is 5.32 Å². The Kier molecular flexibility index (Phi) is 10.7. The Balaban J connectivity index is 3.58. The second-order valence-electron chi connectivity index (χ2n) is 8.08. The Morgan fingerprint density at radius 2 is 1.53 bits per heavy atom. The topological polar surface area (TPSA) is 153 Å². The van der Waals surface area contributed by atoms with Crippen molar-refractivity contribution in [3.63, 3.8) is 0 Å². The van der Waals surface area contributed by atoms with Gasteiger partial charge in [0.05, 0.1) is 12.2 Å². The lowest BCUT2D eigenvalue weighted by atomic mass is 9.83. The van der Waals surface area contributed by atoms with E-state index in [4.69, 9.17) is 28.4 Å². The highest BCUT2D eigenvalue weighted by molar-refractivity contribution is 5.69. The number of esters is 4. The number of alkyl halides is 1. The summed E-state index contributed by atoms with van der Waals surface area (Å²) < 4.78 is 46.8. The fraction of sp³-hybridized carbons (Fsp3) is 0.762. The number of hydrogen-bond donors (Lipinski definition) is 1. The Morgan fingerprint density at radius 1 is 0.941 bits per heavy atom. The van der Waals surface area contributed by atoms with Crippen molar-refractivity contribution in [1.29, 1.82) is 0 Å². The van der Waals surface area contributed by atoms with E-state index in [1.807, 2.05) is 0 Å². The van der Waals surface area contributed by atoms with Gasteiger partial charge in [-0.25, -0.2) is 9.18 Å². The van der Waals surface area contributed by atoms with Gasteiger partial charge < -0.3 is 33.7 Å². The molecule has 0 aromatic carbocycles. The van der Waals surface area contributed by atoms with Gasteiger partial charge in [0.15, 0.2) is 24.5 Å². The third-order valence-corrected chi connectivity index (χ3v) is 4.72. The fourth-order valence-electron chi connectivity index (χ4n) is 3.48. The molecule has 1 N–H and O–H groups in total. The maximum absolute atomic E-state index is 15.4. The van der Waals surface area contributed by atoms with Crippen molar-refractivity contribution >= 4 is 30.0 Å². The monoisotopic (exact) mass is 493 g/mol. The number of alkyl carbamates (subject to hydrolysis) is 1. The van der Waals surface area contributed by atoms with E-state index in [0.29, 0.717) is 0 Å². The highest BCUT2D eigenvalue weighted by atomic mass is 19.1. The minimum atomic E-state index is -1.93. The lowest BCUT2D eigenvalue weighted by Gasteiger charge is -2.49. The molecule has 0 spiro atoms. The third kappa shape index (κ3) is 8.43. The number of halogens is 1. The first kappa shape index (κ1) is 29.1. The van der Waals surface area contributed by atoms with Crippen LogP contribution in [0.25, 0.3) is 0 Å². The van der Waals surface area contributed by atoms with Crippen LogP contribution in [-0.4, -0.2) is 85.4 Å². The molecule has 0 saturated carbocycles. The van der Waals surface area contributed by atoms with Crippen LogP contribution in [0.2, 0.25) is 0 Å². The van der Waals surface area contributed by atoms with Gasteiger partial charge >= 0.3 is 30.0 Å². The average molecular weight is 493 g/mol. The van der Waals surface area contributed by atoms with Gasteiger partial charge in [0.25, 0.3) is 0 Å². The lowest BCUT2D eigenvalue weighted by molar-refractivity contribution is -0.250. The lowest BCUT2D eigenvalue weighted by Crippen LogP contribution is -2.70. The van der Waals surface area contributed by atoms with Crippen molar-refractivity contribution in [1.82, 2.24) is 5.32 Å². The minimum absolute atomic E-state index is 0.0250. The molecule has 1 rings (SSSR count). The second-order valence-corrected chi connectivity index (χ2v) is 8.08. The Hall–Kier alpha value is -2.96. The summed E-state index contributed by atoms with van der Waals surface area (Å²) in [6.45, 7) is 7.99. The average Bonchev–Trinajstić information content (AvgIpc) is 2.68. The third-order valence-electron chi connectivity index (χ3n) is 4.72. The van der Waals surface area contributed by atoms with E-state index in [9.17, 15) is 24.0 Å². The van der Waals surface area contributed by atoms with Gasteiger partial charge in [-0.3, -0.25) is 19.2 Å². The molecule has 0 aromatic heterocycles. The molecule has 1 saturated heterocycles. The number of ether oxygens (including phenoxy) is 6. The predicted octanol–water partition coefficient (Wildman–Crippen LogP) is 0.975. The van der Waals surface area contributed by atoms with Crippen LogP contribution in [0.4, 0.5) is 9.18 Å². The van der Waals surface area contributed by atoms with Crippen molar-refractivity contribution in [2.75, 3.05) is 13.2 Å². The van der Waals surface area contributed by atoms with E-state index in [1.165, 1.54) is 20.8 Å². The molecule has 0 bridgehead atoms. The summed E-state index contributed by atoms with van der Waals surface area (Å²) in [5.41, 5.74) is -1.61. The highest BCUT2D eigenvalue weighted by Crippen LogP contribution is 2.36. The number of amides is 1. The maximum Gasteiger partial charge on any atom is 0.407 e. The molecule has 1 heterocycles. The van der Waals surface area contributed by atoms with E-state index >= 15 is 4.39 Å². The van der Waals surface area contributed by atoms with E-state index in [1.54, 1.807) is 0 Å². The number of hydrogen-bond acceptors (Lipinski definition) is 11. The predicted molar refractivity (Wildman–Crippen MR) is 111 cm³/mol. The zero-order valence-corrected chi connectivity index (χ0v) is 20.2. The first-order valence-corrected chi connectivity index (χ1v) is 10.6. The molecule has 4 unspecified atom stereocenters. The molecule has 12 nitrogen and oxygen atoms in total. The van der Waals surface area contributed by atoms with Crippen molar-refractivity contribution in [3.8, 4) is 0 Å². The summed E-state index contributed by atoms with van der Waals surface area (Å²) >= 11 is 0. The SMILES string of the molecule is CCOC(=O)NC1C(OC(C)=O)C(F)C(C)(C)OC1[C@H](OC(C)=O)[C@@H](COC(C)=O)OC(C)=O. The minimum Gasteiger partial charge on any atom is -0.462 e. The normalized spacial score (nSPS) is 25.2. The fourth-order valence-corrected chi connectivity index (χ4v) is 3.48. The Morgan fingerprint density at radius 3 is 2.00 bits per heavy atom. The van der Waals surface area contributed by atoms with Gasteiger partial charge in [-0.05, 0) is 20.8 Å². The van der Waals surface area contributed by atoms with E-state index in [0.717, 1.165) is 27.7 Å². The summed E-state index contributed by atoms with van der Waals surface area (Å²) in [7, 11) is 0. The van der Waals surface area contributed by atoms with E-state index in [-0.39, 0.29) is 6.61 Å². The Bertz CT molecular complexity index is 772. The highest BCUT2D eigenvalue weighted by Gasteiger charge is 2.57. The molecule has 0 aliphatic carbocycles. The summed E-state index contributed by atoms with van der Waals surface area (Å²) in [5.74, 6) is -3.21. The van der Waals surface area contributed by atoms with Crippen LogP contribution in [0.1, 0.15) is 48.5 Å². The first-order valence-electron chi connectivity index (χ1n) is 10.6. The van der Waals surface area contributed by atoms with Crippen LogP contribution in [0.3, 0.4) is 0 Å². The maximum atomic E-state index is 15.4. The molecule has 194 valence electrons. The largest absolute Gasteiger partial charge is 0.462 e. The first-order chi connectivity index (χ1) is 15.7. The quantitative estimate of drug-likeness (QED) is 0.361.